The molecular formula is C13H16INO5. The van der Waals surface area contributed by atoms with Crippen LogP contribution >= 0.6 is 22.6 Å². The predicted octanol–water partition coefficient (Wildman–Crippen LogP) is 2.06. The number of nitrogens with zero attached hydrogens (tertiary/aromatic N) is 1. The van der Waals surface area contributed by atoms with E-state index in [0.29, 0.717) is 6.61 Å². The molecule has 2 rings (SSSR count). The fourth-order valence-electron chi connectivity index (χ4n) is 2.16. The van der Waals surface area contributed by atoms with Gasteiger partial charge in [-0.3, -0.25) is 10.1 Å². The zero-order chi connectivity index (χ0) is 14.7. The Kier molecular flexibility index (Phi) is 5.30. The van der Waals surface area contributed by atoms with Crippen molar-refractivity contribution < 1.29 is 19.5 Å². The molecule has 1 saturated heterocycles. The van der Waals surface area contributed by atoms with Crippen molar-refractivity contribution in [3.63, 3.8) is 0 Å². The molecule has 6 nitrogen and oxygen atoms in total. The smallest absolute Gasteiger partial charge is 0.269 e. The third-order valence-corrected chi connectivity index (χ3v) is 4.18. The molecular weight excluding hydrogens is 377 g/mol. The Morgan fingerprint density at radius 2 is 2.10 bits per heavy atom. The summed E-state index contributed by atoms with van der Waals surface area (Å²) in [7, 11) is 0. The number of alkyl halides is 1. The highest BCUT2D eigenvalue weighted by Gasteiger charge is 2.41. The van der Waals surface area contributed by atoms with Gasteiger partial charge in [0.05, 0.1) is 23.7 Å². The average Bonchev–Trinajstić information content (AvgIpc) is 2.72. The molecule has 1 aliphatic heterocycles. The summed E-state index contributed by atoms with van der Waals surface area (Å²) in [6.07, 6.45) is -1.37. The van der Waals surface area contributed by atoms with Gasteiger partial charge >= 0.3 is 0 Å². The fraction of sp³-hybridized carbons (Fsp3) is 0.538. The lowest BCUT2D eigenvalue weighted by Gasteiger charge is -2.19. The lowest BCUT2D eigenvalue weighted by Crippen LogP contribution is -2.35. The largest absolute Gasteiger partial charge is 0.388 e. The fourth-order valence-corrected chi connectivity index (χ4v) is 2.87. The molecule has 0 bridgehead atoms. The Hall–Kier alpha value is -0.770. The Labute approximate surface area is 130 Å². The number of benzene rings is 1. The number of nitro benzene ring substituents is 1. The van der Waals surface area contributed by atoms with Gasteiger partial charge in [0, 0.05) is 16.6 Å². The Morgan fingerprint density at radius 1 is 1.45 bits per heavy atom. The van der Waals surface area contributed by atoms with E-state index >= 15 is 0 Å². The van der Waals surface area contributed by atoms with Gasteiger partial charge in [-0.25, -0.2) is 0 Å². The van der Waals surface area contributed by atoms with Crippen molar-refractivity contribution in [2.24, 2.45) is 0 Å². The summed E-state index contributed by atoms with van der Waals surface area (Å²) in [6.45, 7) is 2.11. The normalized spacial score (nSPS) is 29.6. The van der Waals surface area contributed by atoms with Crippen LogP contribution in [0.15, 0.2) is 24.3 Å². The lowest BCUT2D eigenvalue weighted by atomic mass is 10.1. The molecule has 0 radical (unpaired) electrons. The van der Waals surface area contributed by atoms with E-state index in [0.717, 1.165) is 9.99 Å². The molecule has 0 aromatic heterocycles. The first-order valence-corrected chi connectivity index (χ1v) is 7.80. The number of aliphatic hydroxyl groups excluding tert-OH is 1. The van der Waals surface area contributed by atoms with Crippen LogP contribution in [0.25, 0.3) is 0 Å². The number of aliphatic hydroxyl groups is 1. The van der Waals surface area contributed by atoms with E-state index in [2.05, 4.69) is 22.6 Å². The standard InChI is InChI=1S/C13H16INO5/c1-8-12(16)13(11(6-14)20-8)19-7-9-2-4-10(5-3-9)15(17)18/h2-5,8,11-13,16H,6-7H2,1H3/t8-,11+,12-,13+/m0/s1. The van der Waals surface area contributed by atoms with Crippen LogP contribution in [0, 0.1) is 10.1 Å². The maximum absolute atomic E-state index is 10.6. The molecule has 7 heteroatoms. The maximum Gasteiger partial charge on any atom is 0.269 e. The minimum Gasteiger partial charge on any atom is -0.388 e. The van der Waals surface area contributed by atoms with Crippen LogP contribution in [-0.4, -0.2) is 38.9 Å². The molecule has 1 heterocycles. The second-order valence-corrected chi connectivity index (χ2v) is 5.60. The predicted molar refractivity (Wildman–Crippen MR) is 80.9 cm³/mol. The van der Waals surface area contributed by atoms with Crippen LogP contribution in [0.2, 0.25) is 0 Å². The molecule has 1 N–H and O–H groups in total. The zero-order valence-corrected chi connectivity index (χ0v) is 13.1. The van der Waals surface area contributed by atoms with Crippen molar-refractivity contribution in [3.8, 4) is 0 Å². The summed E-state index contributed by atoms with van der Waals surface area (Å²) in [4.78, 5) is 10.1. The second kappa shape index (κ2) is 6.79. The van der Waals surface area contributed by atoms with Crippen molar-refractivity contribution >= 4 is 28.3 Å². The molecule has 1 aliphatic rings. The zero-order valence-electron chi connectivity index (χ0n) is 10.9. The Bertz CT molecular complexity index is 466. The SMILES string of the molecule is C[C@@H]1O[C@H](CI)[C@@H](OCc2ccc([N+](=O)[O-])cc2)[C@H]1O. The van der Waals surface area contributed by atoms with Crippen LogP contribution in [0.5, 0.6) is 0 Å². The van der Waals surface area contributed by atoms with Crippen molar-refractivity contribution in [3.05, 3.63) is 39.9 Å². The number of rotatable bonds is 5. The topological polar surface area (TPSA) is 81.8 Å². The lowest BCUT2D eigenvalue weighted by molar-refractivity contribution is -0.384. The van der Waals surface area contributed by atoms with Gasteiger partial charge in [0.2, 0.25) is 0 Å². The summed E-state index contributed by atoms with van der Waals surface area (Å²) < 4.78 is 12.1. The van der Waals surface area contributed by atoms with Gasteiger partial charge in [0.15, 0.2) is 0 Å². The number of halogens is 1. The minimum atomic E-state index is -0.646. The first kappa shape index (κ1) is 15.6. The number of ether oxygens (including phenoxy) is 2. The molecule has 4 atom stereocenters. The molecule has 1 aromatic rings. The minimum absolute atomic E-state index is 0.0525. The molecule has 0 aliphatic carbocycles. The molecule has 110 valence electrons. The highest BCUT2D eigenvalue weighted by atomic mass is 127. The first-order valence-electron chi connectivity index (χ1n) is 6.27. The van der Waals surface area contributed by atoms with E-state index in [-0.39, 0.29) is 24.0 Å². The molecule has 1 aromatic carbocycles. The molecule has 0 spiro atoms. The van der Waals surface area contributed by atoms with Crippen LogP contribution in [-0.2, 0) is 16.1 Å². The third kappa shape index (κ3) is 3.46. The maximum atomic E-state index is 10.6. The number of hydrogen-bond donors (Lipinski definition) is 1. The number of non-ortho nitro benzene ring substituents is 1. The van der Waals surface area contributed by atoms with Gasteiger partial charge in [-0.15, -0.1) is 0 Å². The first-order chi connectivity index (χ1) is 9.52. The average molecular weight is 393 g/mol. The van der Waals surface area contributed by atoms with E-state index in [1.807, 2.05) is 6.92 Å². The van der Waals surface area contributed by atoms with Gasteiger partial charge in [-0.1, -0.05) is 22.6 Å². The van der Waals surface area contributed by atoms with Crippen molar-refractivity contribution in [1.29, 1.82) is 0 Å². The Balaban J connectivity index is 1.95. The summed E-state index contributed by atoms with van der Waals surface area (Å²) >= 11 is 2.20. The van der Waals surface area contributed by atoms with Crippen LogP contribution in [0.1, 0.15) is 12.5 Å². The van der Waals surface area contributed by atoms with Gasteiger partial charge in [0.1, 0.15) is 12.2 Å². The van der Waals surface area contributed by atoms with Crippen molar-refractivity contribution in [2.75, 3.05) is 4.43 Å². The van der Waals surface area contributed by atoms with Crippen LogP contribution < -0.4 is 0 Å². The quantitative estimate of drug-likeness (QED) is 0.359. The van der Waals surface area contributed by atoms with Gasteiger partial charge < -0.3 is 14.6 Å². The molecule has 1 fully saturated rings. The van der Waals surface area contributed by atoms with Gasteiger partial charge in [-0.05, 0) is 24.6 Å². The van der Waals surface area contributed by atoms with Crippen LogP contribution in [0.3, 0.4) is 0 Å². The van der Waals surface area contributed by atoms with Crippen molar-refractivity contribution in [2.45, 2.75) is 37.9 Å². The summed E-state index contributed by atoms with van der Waals surface area (Å²) in [5.41, 5.74) is 0.881. The van der Waals surface area contributed by atoms with Gasteiger partial charge in [-0.2, -0.15) is 0 Å². The molecule has 0 saturated carbocycles. The monoisotopic (exact) mass is 393 g/mol. The summed E-state index contributed by atoms with van der Waals surface area (Å²) in [5, 5.41) is 20.6. The summed E-state index contributed by atoms with van der Waals surface area (Å²) in [6, 6.07) is 6.20. The highest BCUT2D eigenvalue weighted by molar-refractivity contribution is 14.1. The van der Waals surface area contributed by atoms with E-state index in [1.165, 1.54) is 12.1 Å². The highest BCUT2D eigenvalue weighted by Crippen LogP contribution is 2.26. The van der Waals surface area contributed by atoms with E-state index in [9.17, 15) is 15.2 Å². The van der Waals surface area contributed by atoms with Crippen LogP contribution in [0.4, 0.5) is 5.69 Å². The van der Waals surface area contributed by atoms with E-state index in [1.54, 1.807) is 12.1 Å². The molecule has 0 unspecified atom stereocenters. The number of nitro groups is 1. The van der Waals surface area contributed by atoms with Gasteiger partial charge in [0.25, 0.3) is 5.69 Å². The Morgan fingerprint density at radius 3 is 2.65 bits per heavy atom. The molecule has 20 heavy (non-hydrogen) atoms. The number of hydrogen-bond acceptors (Lipinski definition) is 5. The van der Waals surface area contributed by atoms with Crippen molar-refractivity contribution in [1.82, 2.24) is 0 Å². The molecule has 0 amide bonds. The van der Waals surface area contributed by atoms with E-state index in [4.69, 9.17) is 9.47 Å². The van der Waals surface area contributed by atoms with E-state index < -0.39 is 11.0 Å². The second-order valence-electron chi connectivity index (χ2n) is 4.72. The summed E-state index contributed by atoms with van der Waals surface area (Å²) in [5.74, 6) is 0. The third-order valence-electron chi connectivity index (χ3n) is 3.32.